The van der Waals surface area contributed by atoms with E-state index in [9.17, 15) is 4.79 Å². The van der Waals surface area contributed by atoms with Gasteiger partial charge in [0.1, 0.15) is 0 Å². The van der Waals surface area contributed by atoms with Gasteiger partial charge in [0.25, 0.3) is 0 Å². The summed E-state index contributed by atoms with van der Waals surface area (Å²) in [5.41, 5.74) is 7.55. The predicted molar refractivity (Wildman–Crippen MR) is 95.8 cm³/mol. The van der Waals surface area contributed by atoms with E-state index >= 15 is 0 Å². The highest BCUT2D eigenvalue weighted by Crippen LogP contribution is 2.47. The standard InChI is InChI=1S/C18H27N3O.ClH/c1-17(12-19)9-10-21(14-17)11-16(22)20-13-18(7-8-18)15-5-3-2-4-6-15;/h2-6H,7-14,19H2,1H3,(H,20,22);1H. The minimum atomic E-state index is 0. The van der Waals surface area contributed by atoms with E-state index < -0.39 is 0 Å². The smallest absolute Gasteiger partial charge is 0.234 e. The topological polar surface area (TPSA) is 58.4 Å². The Morgan fingerprint density at radius 2 is 1.96 bits per heavy atom. The number of nitrogens with one attached hydrogen (secondary N) is 1. The Kier molecular flexibility index (Phi) is 5.71. The summed E-state index contributed by atoms with van der Waals surface area (Å²) in [4.78, 5) is 14.4. The molecule has 1 aliphatic carbocycles. The fraction of sp³-hybridized carbons (Fsp3) is 0.611. The average Bonchev–Trinajstić information content (AvgIpc) is 3.25. The van der Waals surface area contributed by atoms with Crippen molar-refractivity contribution < 1.29 is 4.79 Å². The van der Waals surface area contributed by atoms with Crippen LogP contribution < -0.4 is 11.1 Å². The van der Waals surface area contributed by atoms with Crippen LogP contribution >= 0.6 is 12.4 Å². The first kappa shape index (κ1) is 18.2. The molecule has 1 heterocycles. The molecule has 0 bridgehead atoms. The highest BCUT2D eigenvalue weighted by molar-refractivity contribution is 5.85. The Bertz CT molecular complexity index is 532. The molecular formula is C18H28ClN3O. The van der Waals surface area contributed by atoms with Crippen LogP contribution in [0.15, 0.2) is 30.3 Å². The van der Waals surface area contributed by atoms with Gasteiger partial charge in [-0.1, -0.05) is 37.3 Å². The van der Waals surface area contributed by atoms with Gasteiger partial charge in [0, 0.05) is 18.5 Å². The van der Waals surface area contributed by atoms with Crippen LogP contribution in [0.3, 0.4) is 0 Å². The summed E-state index contributed by atoms with van der Waals surface area (Å²) < 4.78 is 0. The molecule has 5 heteroatoms. The fourth-order valence-electron chi connectivity index (χ4n) is 3.46. The van der Waals surface area contributed by atoms with Gasteiger partial charge in [-0.3, -0.25) is 9.69 Å². The van der Waals surface area contributed by atoms with Gasteiger partial charge in [0.2, 0.25) is 5.91 Å². The van der Waals surface area contributed by atoms with Gasteiger partial charge in [0.15, 0.2) is 0 Å². The molecule has 1 aromatic rings. The van der Waals surface area contributed by atoms with Gasteiger partial charge in [-0.25, -0.2) is 0 Å². The average molecular weight is 338 g/mol. The van der Waals surface area contributed by atoms with Crippen molar-refractivity contribution in [2.24, 2.45) is 11.1 Å². The largest absolute Gasteiger partial charge is 0.354 e. The van der Waals surface area contributed by atoms with E-state index in [2.05, 4.69) is 41.4 Å². The van der Waals surface area contributed by atoms with Crippen molar-refractivity contribution in [3.63, 3.8) is 0 Å². The molecule has 1 atom stereocenters. The molecule has 23 heavy (non-hydrogen) atoms. The zero-order valence-corrected chi connectivity index (χ0v) is 14.7. The molecule has 1 unspecified atom stereocenters. The lowest BCUT2D eigenvalue weighted by Crippen LogP contribution is -2.40. The summed E-state index contributed by atoms with van der Waals surface area (Å²) in [6.45, 7) is 6.08. The van der Waals surface area contributed by atoms with Crippen LogP contribution in [0.1, 0.15) is 31.7 Å². The van der Waals surface area contributed by atoms with Gasteiger partial charge >= 0.3 is 0 Å². The first-order valence-electron chi connectivity index (χ1n) is 8.30. The number of nitrogens with two attached hydrogens (primary N) is 1. The number of hydrogen-bond acceptors (Lipinski definition) is 3. The second-order valence-electron chi connectivity index (χ2n) is 7.40. The second kappa shape index (κ2) is 7.20. The van der Waals surface area contributed by atoms with Gasteiger partial charge in [0.05, 0.1) is 6.54 Å². The normalized spacial score (nSPS) is 25.7. The third-order valence-electron chi connectivity index (χ3n) is 5.36. The number of amides is 1. The van der Waals surface area contributed by atoms with E-state index in [-0.39, 0.29) is 29.1 Å². The minimum absolute atomic E-state index is 0. The van der Waals surface area contributed by atoms with E-state index in [4.69, 9.17) is 5.73 Å². The number of rotatable bonds is 6. The monoisotopic (exact) mass is 337 g/mol. The van der Waals surface area contributed by atoms with Crippen molar-refractivity contribution >= 4 is 18.3 Å². The lowest BCUT2D eigenvalue weighted by molar-refractivity contribution is -0.122. The van der Waals surface area contributed by atoms with Crippen molar-refractivity contribution in [3.05, 3.63) is 35.9 Å². The maximum atomic E-state index is 12.2. The number of nitrogens with zero attached hydrogens (tertiary/aromatic N) is 1. The summed E-state index contributed by atoms with van der Waals surface area (Å²) in [7, 11) is 0. The number of benzene rings is 1. The van der Waals surface area contributed by atoms with Crippen LogP contribution in [-0.2, 0) is 10.2 Å². The van der Waals surface area contributed by atoms with Crippen LogP contribution in [0.2, 0.25) is 0 Å². The first-order chi connectivity index (χ1) is 10.6. The Morgan fingerprint density at radius 3 is 2.52 bits per heavy atom. The zero-order valence-electron chi connectivity index (χ0n) is 13.9. The molecule has 3 N–H and O–H groups in total. The Morgan fingerprint density at radius 1 is 1.26 bits per heavy atom. The Labute approximate surface area is 145 Å². The Hall–Kier alpha value is -1.10. The van der Waals surface area contributed by atoms with Gasteiger partial charge in [-0.15, -0.1) is 12.4 Å². The van der Waals surface area contributed by atoms with Crippen LogP contribution in [0.5, 0.6) is 0 Å². The number of halogens is 1. The molecule has 2 aliphatic rings. The molecule has 2 fully saturated rings. The zero-order chi connectivity index (χ0) is 15.6. The summed E-state index contributed by atoms with van der Waals surface area (Å²) in [5.74, 6) is 0.142. The summed E-state index contributed by atoms with van der Waals surface area (Å²) in [6, 6.07) is 10.5. The first-order valence-corrected chi connectivity index (χ1v) is 8.30. The molecule has 3 rings (SSSR count). The molecule has 1 aromatic carbocycles. The molecule has 1 aliphatic heterocycles. The van der Waals surface area contributed by atoms with Crippen molar-refractivity contribution in [2.75, 3.05) is 32.7 Å². The van der Waals surface area contributed by atoms with Crippen LogP contribution in [-0.4, -0.2) is 43.5 Å². The number of carbonyl (C=O) groups excluding carboxylic acids is 1. The molecule has 1 saturated heterocycles. The molecular weight excluding hydrogens is 310 g/mol. The summed E-state index contributed by atoms with van der Waals surface area (Å²) >= 11 is 0. The van der Waals surface area contributed by atoms with E-state index in [1.54, 1.807) is 0 Å². The van der Waals surface area contributed by atoms with Crippen LogP contribution in [0.4, 0.5) is 0 Å². The number of carbonyl (C=O) groups is 1. The van der Waals surface area contributed by atoms with E-state index in [1.165, 1.54) is 18.4 Å². The molecule has 0 aromatic heterocycles. The summed E-state index contributed by atoms with van der Waals surface area (Å²) in [5, 5.41) is 3.14. The third kappa shape index (κ3) is 4.25. The van der Waals surface area contributed by atoms with E-state index in [1.807, 2.05) is 6.07 Å². The van der Waals surface area contributed by atoms with Crippen molar-refractivity contribution in [3.8, 4) is 0 Å². The van der Waals surface area contributed by atoms with Crippen molar-refractivity contribution in [1.29, 1.82) is 0 Å². The quantitative estimate of drug-likeness (QED) is 0.834. The molecule has 1 amide bonds. The predicted octanol–water partition coefficient (Wildman–Crippen LogP) is 1.93. The highest BCUT2D eigenvalue weighted by Gasteiger charge is 2.44. The van der Waals surface area contributed by atoms with Crippen LogP contribution in [0.25, 0.3) is 0 Å². The molecule has 1 saturated carbocycles. The van der Waals surface area contributed by atoms with Gasteiger partial charge < -0.3 is 11.1 Å². The van der Waals surface area contributed by atoms with Crippen LogP contribution in [0, 0.1) is 5.41 Å². The lowest BCUT2D eigenvalue weighted by atomic mass is 9.90. The lowest BCUT2D eigenvalue weighted by Gasteiger charge is -2.23. The van der Waals surface area contributed by atoms with Crippen molar-refractivity contribution in [1.82, 2.24) is 10.2 Å². The maximum absolute atomic E-state index is 12.2. The SMILES string of the molecule is CC1(CN)CCN(CC(=O)NCC2(c3ccccc3)CC2)C1.Cl. The second-order valence-corrected chi connectivity index (χ2v) is 7.40. The van der Waals surface area contributed by atoms with E-state index in [0.29, 0.717) is 13.1 Å². The number of hydrogen-bond donors (Lipinski definition) is 2. The third-order valence-corrected chi connectivity index (χ3v) is 5.36. The fourth-order valence-corrected chi connectivity index (χ4v) is 3.46. The van der Waals surface area contributed by atoms with E-state index in [0.717, 1.165) is 26.1 Å². The van der Waals surface area contributed by atoms with Crippen molar-refractivity contribution in [2.45, 2.75) is 31.6 Å². The molecule has 0 radical (unpaired) electrons. The minimum Gasteiger partial charge on any atom is -0.354 e. The summed E-state index contributed by atoms with van der Waals surface area (Å²) in [6.07, 6.45) is 3.43. The van der Waals surface area contributed by atoms with Gasteiger partial charge in [-0.05, 0) is 43.3 Å². The van der Waals surface area contributed by atoms with Gasteiger partial charge in [-0.2, -0.15) is 0 Å². The molecule has 0 spiro atoms. The highest BCUT2D eigenvalue weighted by atomic mass is 35.5. The Balaban J connectivity index is 0.00000192. The molecule has 128 valence electrons. The molecule has 4 nitrogen and oxygen atoms in total. The number of likely N-dealkylation sites (tertiary alicyclic amines) is 1. The maximum Gasteiger partial charge on any atom is 0.234 e.